The first-order chi connectivity index (χ1) is 6.15. The van der Waals surface area contributed by atoms with Crippen molar-refractivity contribution in [2.24, 2.45) is 4.99 Å². The molecule has 0 atom stereocenters. The summed E-state index contributed by atoms with van der Waals surface area (Å²) in [5.74, 6) is 0.0973. The number of nitrogens with one attached hydrogen (secondary N) is 1. The molecular weight excluding hydrogens is 168 g/mol. The van der Waals surface area contributed by atoms with Gasteiger partial charge in [0.25, 0.3) is 5.56 Å². The number of rotatable bonds is 2. The molecular formula is C8H10N4O. The second kappa shape index (κ2) is 3.66. The molecule has 5 heteroatoms. The molecule has 1 rings (SSSR count). The van der Waals surface area contributed by atoms with E-state index in [2.05, 4.69) is 21.5 Å². The zero-order valence-electron chi connectivity index (χ0n) is 7.24. The Balaban J connectivity index is 3.29. The Bertz CT molecular complexity index is 405. The van der Waals surface area contributed by atoms with Crippen LogP contribution in [0.4, 0.5) is 11.6 Å². The number of aromatic amines is 1. The molecule has 1 aromatic heterocycles. The molecule has 0 amide bonds. The molecule has 13 heavy (non-hydrogen) atoms. The molecule has 0 aliphatic rings. The molecule has 1 aromatic rings. The maximum atomic E-state index is 11.2. The van der Waals surface area contributed by atoms with Gasteiger partial charge in [-0.3, -0.25) is 9.78 Å². The number of hydrogen-bond acceptors (Lipinski definition) is 4. The molecule has 68 valence electrons. The fourth-order valence-electron chi connectivity index (χ4n) is 0.881. The molecule has 0 fully saturated rings. The average molecular weight is 178 g/mol. The number of H-pyrrole nitrogens is 1. The zero-order chi connectivity index (χ0) is 9.84. The van der Waals surface area contributed by atoms with Gasteiger partial charge in [-0.25, -0.2) is 9.98 Å². The normalized spacial score (nSPS) is 10.5. The van der Waals surface area contributed by atoms with E-state index in [1.54, 1.807) is 6.92 Å². The number of aromatic nitrogens is 2. The summed E-state index contributed by atoms with van der Waals surface area (Å²) in [6.07, 6.45) is 2.91. The van der Waals surface area contributed by atoms with E-state index in [0.717, 1.165) is 0 Å². The first-order valence-electron chi connectivity index (χ1n) is 3.66. The van der Waals surface area contributed by atoms with Gasteiger partial charge in [-0.15, -0.1) is 0 Å². The van der Waals surface area contributed by atoms with E-state index in [4.69, 9.17) is 5.73 Å². The molecule has 0 aliphatic carbocycles. The van der Waals surface area contributed by atoms with E-state index in [9.17, 15) is 4.79 Å². The first kappa shape index (κ1) is 9.18. The van der Waals surface area contributed by atoms with Crippen LogP contribution >= 0.6 is 0 Å². The highest BCUT2D eigenvalue weighted by atomic mass is 16.1. The van der Waals surface area contributed by atoms with Crippen LogP contribution in [0.2, 0.25) is 0 Å². The van der Waals surface area contributed by atoms with Gasteiger partial charge in [0.2, 0.25) is 5.95 Å². The van der Waals surface area contributed by atoms with Crippen molar-refractivity contribution >= 4 is 17.9 Å². The second-order valence-corrected chi connectivity index (χ2v) is 2.40. The van der Waals surface area contributed by atoms with Gasteiger partial charge < -0.3 is 5.73 Å². The number of nitrogen functional groups attached to an aromatic ring is 1. The molecule has 0 saturated carbocycles. The lowest BCUT2D eigenvalue weighted by atomic mass is 10.4. The van der Waals surface area contributed by atoms with E-state index >= 15 is 0 Å². The molecule has 0 aromatic carbocycles. The van der Waals surface area contributed by atoms with Gasteiger partial charge in [-0.05, 0) is 6.92 Å². The smallest absolute Gasteiger partial charge is 0.278 e. The van der Waals surface area contributed by atoms with E-state index < -0.39 is 0 Å². The summed E-state index contributed by atoms with van der Waals surface area (Å²) in [6.45, 7) is 5.11. The predicted molar refractivity (Wildman–Crippen MR) is 52.4 cm³/mol. The second-order valence-electron chi connectivity index (χ2n) is 2.40. The largest absolute Gasteiger partial charge is 0.369 e. The van der Waals surface area contributed by atoms with Gasteiger partial charge in [-0.1, -0.05) is 12.7 Å². The van der Waals surface area contributed by atoms with Gasteiger partial charge in [0.15, 0.2) is 0 Å². The number of nitrogens with two attached hydrogens (primary N) is 1. The Morgan fingerprint density at radius 1 is 1.69 bits per heavy atom. The molecule has 3 N–H and O–H groups in total. The van der Waals surface area contributed by atoms with E-state index in [-0.39, 0.29) is 17.2 Å². The number of aliphatic imine (C=N–C) groups is 1. The number of nitrogens with zero attached hydrogens (tertiary/aromatic N) is 2. The number of anilines is 1. The van der Waals surface area contributed by atoms with Gasteiger partial charge in [0.1, 0.15) is 5.69 Å². The summed E-state index contributed by atoms with van der Waals surface area (Å²) < 4.78 is 0. The van der Waals surface area contributed by atoms with Crippen LogP contribution in [-0.4, -0.2) is 16.2 Å². The Kier molecular flexibility index (Phi) is 2.59. The van der Waals surface area contributed by atoms with Crippen molar-refractivity contribution < 1.29 is 0 Å². The van der Waals surface area contributed by atoms with Crippen molar-refractivity contribution in [3.63, 3.8) is 0 Å². The van der Waals surface area contributed by atoms with Gasteiger partial charge in [0.05, 0.1) is 5.69 Å². The van der Waals surface area contributed by atoms with Crippen LogP contribution in [-0.2, 0) is 0 Å². The monoisotopic (exact) mass is 178 g/mol. The van der Waals surface area contributed by atoms with Crippen LogP contribution < -0.4 is 11.3 Å². The van der Waals surface area contributed by atoms with Crippen LogP contribution in [0.5, 0.6) is 0 Å². The van der Waals surface area contributed by atoms with Crippen molar-refractivity contribution in [1.29, 1.82) is 0 Å². The fraction of sp³-hybridized carbons (Fsp3) is 0.125. The maximum absolute atomic E-state index is 11.2. The molecule has 0 saturated heterocycles. The number of hydrogen-bond donors (Lipinski definition) is 2. The lowest BCUT2D eigenvalue weighted by molar-refractivity contribution is 1.07. The third-order valence-corrected chi connectivity index (χ3v) is 1.40. The highest BCUT2D eigenvalue weighted by Crippen LogP contribution is 2.08. The SMILES string of the molecule is C=CC=Nc1c(C)nc(N)[nH]c1=O. The molecule has 1 heterocycles. The highest BCUT2D eigenvalue weighted by Gasteiger charge is 2.03. The Labute approximate surface area is 75.0 Å². The minimum Gasteiger partial charge on any atom is -0.369 e. The van der Waals surface area contributed by atoms with Crippen molar-refractivity contribution in [3.8, 4) is 0 Å². The minimum atomic E-state index is -0.344. The van der Waals surface area contributed by atoms with Crippen molar-refractivity contribution in [3.05, 3.63) is 28.7 Å². The standard InChI is InChI=1S/C8H10N4O/c1-3-4-10-6-5(2)11-8(9)12-7(6)13/h3-4H,1H2,2H3,(H3,9,11,12,13). The molecule has 0 aliphatic heterocycles. The zero-order valence-corrected chi connectivity index (χ0v) is 7.24. The van der Waals surface area contributed by atoms with E-state index in [1.807, 2.05) is 0 Å². The van der Waals surface area contributed by atoms with Crippen LogP contribution in [0.1, 0.15) is 5.69 Å². The number of aryl methyl sites for hydroxylation is 1. The Morgan fingerprint density at radius 3 is 2.92 bits per heavy atom. The topological polar surface area (TPSA) is 84.1 Å². The highest BCUT2D eigenvalue weighted by molar-refractivity contribution is 5.73. The quantitative estimate of drug-likeness (QED) is 0.648. The van der Waals surface area contributed by atoms with Crippen LogP contribution in [0.3, 0.4) is 0 Å². The first-order valence-corrected chi connectivity index (χ1v) is 3.66. The Morgan fingerprint density at radius 2 is 2.38 bits per heavy atom. The molecule has 5 nitrogen and oxygen atoms in total. The summed E-state index contributed by atoms with van der Waals surface area (Å²) in [5.41, 5.74) is 5.73. The van der Waals surface area contributed by atoms with Crippen molar-refractivity contribution in [2.75, 3.05) is 5.73 Å². The summed E-state index contributed by atoms with van der Waals surface area (Å²) in [7, 11) is 0. The minimum absolute atomic E-state index is 0.0973. The average Bonchev–Trinajstić information content (AvgIpc) is 2.02. The summed E-state index contributed by atoms with van der Waals surface area (Å²) in [6, 6.07) is 0. The lowest BCUT2D eigenvalue weighted by Gasteiger charge is -1.98. The molecule has 0 radical (unpaired) electrons. The fourth-order valence-corrected chi connectivity index (χ4v) is 0.881. The summed E-state index contributed by atoms with van der Waals surface area (Å²) in [4.78, 5) is 21.3. The molecule has 0 spiro atoms. The van der Waals surface area contributed by atoms with Gasteiger partial charge >= 0.3 is 0 Å². The summed E-state index contributed by atoms with van der Waals surface area (Å²) in [5, 5.41) is 0. The Hall–Kier alpha value is -1.91. The van der Waals surface area contributed by atoms with Crippen LogP contribution in [0.25, 0.3) is 0 Å². The van der Waals surface area contributed by atoms with Crippen molar-refractivity contribution in [1.82, 2.24) is 9.97 Å². The van der Waals surface area contributed by atoms with Crippen LogP contribution in [0.15, 0.2) is 22.4 Å². The summed E-state index contributed by atoms with van der Waals surface area (Å²) >= 11 is 0. The third kappa shape index (κ3) is 2.02. The van der Waals surface area contributed by atoms with Gasteiger partial charge in [-0.2, -0.15) is 0 Å². The van der Waals surface area contributed by atoms with E-state index in [1.165, 1.54) is 12.3 Å². The van der Waals surface area contributed by atoms with Gasteiger partial charge in [0, 0.05) is 6.21 Å². The molecule has 0 unspecified atom stereocenters. The predicted octanol–water partition coefficient (Wildman–Crippen LogP) is 0.549. The van der Waals surface area contributed by atoms with E-state index in [0.29, 0.717) is 5.69 Å². The maximum Gasteiger partial charge on any atom is 0.278 e. The number of allylic oxidation sites excluding steroid dienone is 1. The van der Waals surface area contributed by atoms with Crippen LogP contribution in [0, 0.1) is 6.92 Å². The molecule has 0 bridgehead atoms. The third-order valence-electron chi connectivity index (χ3n) is 1.40. The van der Waals surface area contributed by atoms with Crippen molar-refractivity contribution in [2.45, 2.75) is 6.92 Å². The lowest BCUT2D eigenvalue weighted by Crippen LogP contribution is -2.12.